The van der Waals surface area contributed by atoms with Gasteiger partial charge in [0.15, 0.2) is 0 Å². The van der Waals surface area contributed by atoms with Crippen molar-refractivity contribution in [3.05, 3.63) is 36.2 Å². The average Bonchev–Trinajstić information content (AvgIpc) is 3.21. The highest BCUT2D eigenvalue weighted by Gasteiger charge is 2.19. The summed E-state index contributed by atoms with van der Waals surface area (Å²) in [5.74, 6) is 0.945. The molecule has 1 fully saturated rings. The first-order valence-electron chi connectivity index (χ1n) is 8.64. The van der Waals surface area contributed by atoms with Crippen LogP contribution in [0, 0.1) is 0 Å². The maximum atomic E-state index is 5.87. The lowest BCUT2D eigenvalue weighted by molar-refractivity contribution is 0.230. The first-order valence-corrected chi connectivity index (χ1v) is 8.64. The fourth-order valence-corrected chi connectivity index (χ4v) is 3.22. The Morgan fingerprint density at radius 1 is 1.30 bits per heavy atom. The Kier molecular flexibility index (Phi) is 5.41. The Labute approximate surface area is 139 Å². The molecule has 0 aliphatic carbocycles. The van der Waals surface area contributed by atoms with Crippen LogP contribution in [0.2, 0.25) is 0 Å². The second-order valence-corrected chi connectivity index (χ2v) is 6.33. The molecule has 0 radical (unpaired) electrons. The summed E-state index contributed by atoms with van der Waals surface area (Å²) in [6.07, 6.45) is 5.86. The van der Waals surface area contributed by atoms with Crippen LogP contribution >= 0.6 is 0 Å². The number of hydrazine groups is 1. The van der Waals surface area contributed by atoms with E-state index < -0.39 is 0 Å². The molecule has 2 aliphatic heterocycles. The summed E-state index contributed by atoms with van der Waals surface area (Å²) in [5.41, 5.74) is 5.61. The van der Waals surface area contributed by atoms with Crippen LogP contribution in [0.15, 0.2) is 36.2 Å². The van der Waals surface area contributed by atoms with Crippen molar-refractivity contribution in [2.45, 2.75) is 32.2 Å². The van der Waals surface area contributed by atoms with Gasteiger partial charge < -0.3 is 15.0 Å². The maximum absolute atomic E-state index is 5.87. The summed E-state index contributed by atoms with van der Waals surface area (Å²) < 4.78 is 5.87. The Bertz CT molecular complexity index is 528. The Morgan fingerprint density at radius 2 is 2.13 bits per heavy atom. The van der Waals surface area contributed by atoms with Gasteiger partial charge in [-0.2, -0.15) is 0 Å². The number of hydrogen-bond acceptors (Lipinski definition) is 5. The van der Waals surface area contributed by atoms with E-state index in [1.54, 1.807) is 0 Å². The van der Waals surface area contributed by atoms with E-state index >= 15 is 0 Å². The summed E-state index contributed by atoms with van der Waals surface area (Å²) in [5, 5.41) is 5.20. The lowest BCUT2D eigenvalue weighted by Crippen LogP contribution is -2.29. The Morgan fingerprint density at radius 3 is 2.78 bits per heavy atom. The van der Waals surface area contributed by atoms with Gasteiger partial charge in [0, 0.05) is 31.5 Å². The number of anilines is 1. The maximum Gasteiger partial charge on any atom is 0.119 e. The standard InChI is InChI=1S/C18H28N4O/c1-15-5-3-10-21(15)11-4-12-23-18-8-6-17(7-9-18)22-14-16(19-2)13-20-22/h6-9,14-15,19-20H,3-5,10-13H2,1-2H3. The van der Waals surface area contributed by atoms with E-state index in [2.05, 4.69) is 40.9 Å². The molecule has 1 aromatic rings. The lowest BCUT2D eigenvalue weighted by Gasteiger charge is -2.20. The molecule has 2 heterocycles. The monoisotopic (exact) mass is 316 g/mol. The minimum absolute atomic E-state index is 0.748. The smallest absolute Gasteiger partial charge is 0.119 e. The topological polar surface area (TPSA) is 39.8 Å². The van der Waals surface area contributed by atoms with Crippen molar-refractivity contribution in [3.63, 3.8) is 0 Å². The third kappa shape index (κ3) is 4.18. The van der Waals surface area contributed by atoms with Crippen molar-refractivity contribution in [1.82, 2.24) is 15.6 Å². The average molecular weight is 316 g/mol. The van der Waals surface area contributed by atoms with Crippen LogP contribution in [0.5, 0.6) is 5.75 Å². The molecule has 1 saturated heterocycles. The van der Waals surface area contributed by atoms with E-state index in [1.165, 1.54) is 25.1 Å². The lowest BCUT2D eigenvalue weighted by atomic mass is 10.2. The van der Waals surface area contributed by atoms with Crippen molar-refractivity contribution in [2.24, 2.45) is 0 Å². The summed E-state index contributed by atoms with van der Waals surface area (Å²) in [7, 11) is 1.94. The zero-order valence-corrected chi connectivity index (χ0v) is 14.2. The Hall–Kier alpha value is -1.72. The molecule has 0 spiro atoms. The third-order valence-corrected chi connectivity index (χ3v) is 4.71. The highest BCUT2D eigenvalue weighted by Crippen LogP contribution is 2.21. The number of likely N-dealkylation sites (tertiary alicyclic amines) is 1. The molecule has 0 saturated carbocycles. The zero-order chi connectivity index (χ0) is 16.1. The van der Waals surface area contributed by atoms with Crippen LogP contribution in [0.4, 0.5) is 5.69 Å². The van der Waals surface area contributed by atoms with E-state index in [1.807, 2.05) is 24.2 Å². The first kappa shape index (κ1) is 16.1. The van der Waals surface area contributed by atoms with Gasteiger partial charge in [0.05, 0.1) is 18.8 Å². The second-order valence-electron chi connectivity index (χ2n) is 6.33. The van der Waals surface area contributed by atoms with Gasteiger partial charge in [-0.15, -0.1) is 0 Å². The number of rotatable bonds is 7. The molecule has 1 atom stereocenters. The van der Waals surface area contributed by atoms with Crippen molar-refractivity contribution in [3.8, 4) is 5.75 Å². The van der Waals surface area contributed by atoms with Crippen LogP contribution in [-0.4, -0.2) is 44.2 Å². The summed E-state index contributed by atoms with van der Waals surface area (Å²) in [4.78, 5) is 2.57. The molecule has 0 bridgehead atoms. The minimum Gasteiger partial charge on any atom is -0.494 e. The minimum atomic E-state index is 0.748. The molecule has 1 unspecified atom stereocenters. The van der Waals surface area contributed by atoms with Gasteiger partial charge in [0.1, 0.15) is 5.75 Å². The molecular weight excluding hydrogens is 288 g/mol. The number of likely N-dealkylation sites (N-methyl/N-ethyl adjacent to an activating group) is 1. The van der Waals surface area contributed by atoms with Crippen molar-refractivity contribution >= 4 is 5.69 Å². The zero-order valence-electron chi connectivity index (χ0n) is 14.2. The van der Waals surface area contributed by atoms with Gasteiger partial charge in [0.2, 0.25) is 0 Å². The summed E-state index contributed by atoms with van der Waals surface area (Å²) in [6.45, 7) is 6.35. The molecule has 5 nitrogen and oxygen atoms in total. The largest absolute Gasteiger partial charge is 0.494 e. The van der Waals surface area contributed by atoms with E-state index in [4.69, 9.17) is 4.74 Å². The van der Waals surface area contributed by atoms with Crippen molar-refractivity contribution in [1.29, 1.82) is 0 Å². The van der Waals surface area contributed by atoms with Gasteiger partial charge in [-0.1, -0.05) is 0 Å². The number of ether oxygens (including phenoxy) is 1. The van der Waals surface area contributed by atoms with Gasteiger partial charge in [-0.3, -0.25) is 5.01 Å². The van der Waals surface area contributed by atoms with Crippen LogP contribution in [0.25, 0.3) is 0 Å². The molecule has 1 aromatic carbocycles. The first-order chi connectivity index (χ1) is 11.3. The molecular formula is C18H28N4O. The highest BCUT2D eigenvalue weighted by atomic mass is 16.5. The van der Waals surface area contributed by atoms with Crippen LogP contribution in [0.3, 0.4) is 0 Å². The molecule has 0 amide bonds. The molecule has 126 valence electrons. The number of nitrogens with one attached hydrogen (secondary N) is 2. The number of benzene rings is 1. The molecule has 2 aliphatic rings. The predicted molar refractivity (Wildman–Crippen MR) is 94.4 cm³/mol. The fourth-order valence-electron chi connectivity index (χ4n) is 3.22. The van der Waals surface area contributed by atoms with Crippen LogP contribution in [0.1, 0.15) is 26.2 Å². The van der Waals surface area contributed by atoms with E-state index in [-0.39, 0.29) is 0 Å². The third-order valence-electron chi connectivity index (χ3n) is 4.71. The van der Waals surface area contributed by atoms with E-state index in [9.17, 15) is 0 Å². The number of hydrogen-bond donors (Lipinski definition) is 2. The van der Waals surface area contributed by atoms with Crippen molar-refractivity contribution < 1.29 is 4.74 Å². The van der Waals surface area contributed by atoms with Gasteiger partial charge in [0.25, 0.3) is 0 Å². The van der Waals surface area contributed by atoms with E-state index in [0.717, 1.165) is 43.6 Å². The summed E-state index contributed by atoms with van der Waals surface area (Å²) in [6, 6.07) is 9.00. The van der Waals surface area contributed by atoms with Crippen LogP contribution < -0.4 is 20.5 Å². The van der Waals surface area contributed by atoms with Crippen LogP contribution in [-0.2, 0) is 0 Å². The van der Waals surface area contributed by atoms with Gasteiger partial charge in [-0.05, 0) is 57.0 Å². The predicted octanol–water partition coefficient (Wildman–Crippen LogP) is 2.33. The molecule has 23 heavy (non-hydrogen) atoms. The quantitative estimate of drug-likeness (QED) is 0.756. The normalized spacial score (nSPS) is 21.6. The number of nitrogens with zero attached hydrogens (tertiary/aromatic N) is 2. The second kappa shape index (κ2) is 7.70. The molecule has 0 aromatic heterocycles. The van der Waals surface area contributed by atoms with Gasteiger partial charge in [-0.25, -0.2) is 5.43 Å². The highest BCUT2D eigenvalue weighted by molar-refractivity contribution is 5.52. The fraction of sp³-hybridized carbons (Fsp3) is 0.556. The van der Waals surface area contributed by atoms with E-state index in [0.29, 0.717) is 0 Å². The van der Waals surface area contributed by atoms with Gasteiger partial charge >= 0.3 is 0 Å². The summed E-state index contributed by atoms with van der Waals surface area (Å²) >= 11 is 0. The molecule has 3 rings (SSSR count). The molecule has 5 heteroatoms. The van der Waals surface area contributed by atoms with Crippen molar-refractivity contribution in [2.75, 3.05) is 38.3 Å². The SMILES string of the molecule is CNC1=CN(c2ccc(OCCCN3CCCC3C)cc2)NC1. The molecule has 2 N–H and O–H groups in total. The Balaban J connectivity index is 1.42.